The fraction of sp³-hybridized carbons (Fsp3) is 0.625. The van der Waals surface area contributed by atoms with Gasteiger partial charge in [0.15, 0.2) is 0 Å². The standard InChI is InChI=1S/C8H10F3IO2/c1-2-3-4-14-5-6(12)7(13)8(9,10)11/h5H,2-4H2,1H3/b6-5-. The van der Waals surface area contributed by atoms with Gasteiger partial charge in [0.1, 0.15) is 9.84 Å². The van der Waals surface area contributed by atoms with Crippen LogP contribution in [0.25, 0.3) is 0 Å². The lowest BCUT2D eigenvalue weighted by Crippen LogP contribution is -2.22. The summed E-state index contributed by atoms with van der Waals surface area (Å²) in [7, 11) is 0. The van der Waals surface area contributed by atoms with Crippen LogP contribution in [0.4, 0.5) is 13.2 Å². The van der Waals surface area contributed by atoms with Gasteiger partial charge in [-0.1, -0.05) is 13.3 Å². The number of carbonyl (C=O) groups excluding carboxylic acids is 1. The van der Waals surface area contributed by atoms with Crippen LogP contribution in [-0.2, 0) is 9.53 Å². The van der Waals surface area contributed by atoms with E-state index in [4.69, 9.17) is 4.74 Å². The van der Waals surface area contributed by atoms with Crippen LogP contribution in [-0.4, -0.2) is 18.6 Å². The van der Waals surface area contributed by atoms with Crippen molar-refractivity contribution in [3.63, 3.8) is 0 Å². The number of Topliss-reactive ketones (excluding diaryl/α,β-unsaturated/α-hetero) is 1. The van der Waals surface area contributed by atoms with Crippen molar-refractivity contribution in [2.45, 2.75) is 25.9 Å². The van der Waals surface area contributed by atoms with Crippen molar-refractivity contribution in [2.24, 2.45) is 0 Å². The third-order valence-corrected chi connectivity index (χ3v) is 2.02. The normalized spacial score (nSPS) is 12.8. The van der Waals surface area contributed by atoms with Gasteiger partial charge in [-0.05, 0) is 29.0 Å². The Kier molecular flexibility index (Phi) is 6.14. The molecule has 0 aliphatic rings. The molecule has 0 N–H and O–H groups in total. The number of unbranched alkanes of at least 4 members (excludes halogenated alkanes) is 1. The van der Waals surface area contributed by atoms with Crippen LogP contribution in [0, 0.1) is 0 Å². The van der Waals surface area contributed by atoms with Gasteiger partial charge in [-0.2, -0.15) is 13.2 Å². The first-order valence-electron chi connectivity index (χ1n) is 3.98. The summed E-state index contributed by atoms with van der Waals surface area (Å²) < 4.78 is 39.8. The third kappa shape index (κ3) is 5.46. The molecule has 0 saturated heterocycles. The summed E-state index contributed by atoms with van der Waals surface area (Å²) in [6, 6.07) is 0. The molecule has 0 amide bonds. The number of halogens is 4. The first kappa shape index (κ1) is 13.7. The van der Waals surface area contributed by atoms with Crippen molar-refractivity contribution >= 4 is 28.4 Å². The SMILES string of the molecule is CCCCO/C=C(\I)C(=O)C(F)(F)F. The van der Waals surface area contributed by atoms with Gasteiger partial charge < -0.3 is 4.74 Å². The van der Waals surface area contributed by atoms with Gasteiger partial charge in [-0.3, -0.25) is 4.79 Å². The molecule has 0 spiro atoms. The Morgan fingerprint density at radius 2 is 2.07 bits per heavy atom. The Balaban J connectivity index is 4.05. The summed E-state index contributed by atoms with van der Waals surface area (Å²) in [5, 5.41) is 0. The number of hydrogen-bond donors (Lipinski definition) is 0. The zero-order valence-electron chi connectivity index (χ0n) is 7.53. The minimum absolute atomic E-state index is 0.328. The quantitative estimate of drug-likeness (QED) is 0.336. The largest absolute Gasteiger partial charge is 0.500 e. The molecule has 14 heavy (non-hydrogen) atoms. The van der Waals surface area contributed by atoms with E-state index in [0.29, 0.717) is 6.61 Å². The van der Waals surface area contributed by atoms with E-state index < -0.39 is 15.5 Å². The van der Waals surface area contributed by atoms with Crippen molar-refractivity contribution in [2.75, 3.05) is 6.61 Å². The van der Waals surface area contributed by atoms with E-state index in [0.717, 1.165) is 19.1 Å². The van der Waals surface area contributed by atoms with Gasteiger partial charge in [0.25, 0.3) is 5.78 Å². The van der Waals surface area contributed by atoms with Crippen LogP contribution in [0.2, 0.25) is 0 Å². The zero-order valence-corrected chi connectivity index (χ0v) is 9.68. The minimum Gasteiger partial charge on any atom is -0.500 e. The molecule has 2 nitrogen and oxygen atoms in total. The maximum absolute atomic E-state index is 11.8. The van der Waals surface area contributed by atoms with E-state index in [-0.39, 0.29) is 0 Å². The van der Waals surface area contributed by atoms with Crippen LogP contribution in [0.15, 0.2) is 9.84 Å². The van der Waals surface area contributed by atoms with Crippen LogP contribution < -0.4 is 0 Å². The van der Waals surface area contributed by atoms with Gasteiger partial charge in [0.05, 0.1) is 6.61 Å². The lowest BCUT2D eigenvalue weighted by molar-refractivity contribution is -0.165. The van der Waals surface area contributed by atoms with Crippen LogP contribution in [0.3, 0.4) is 0 Å². The minimum atomic E-state index is -4.82. The predicted molar refractivity (Wildman–Crippen MR) is 54.0 cm³/mol. The molecule has 6 heteroatoms. The fourth-order valence-electron chi connectivity index (χ4n) is 0.549. The Labute approximate surface area is 93.6 Å². The zero-order chi connectivity index (χ0) is 11.2. The maximum atomic E-state index is 11.8. The number of hydrogen-bond acceptors (Lipinski definition) is 2. The second-order valence-corrected chi connectivity index (χ2v) is 3.68. The van der Waals surface area contributed by atoms with E-state index in [2.05, 4.69) is 0 Å². The Bertz CT molecular complexity index is 223. The van der Waals surface area contributed by atoms with Crippen molar-refractivity contribution in [1.29, 1.82) is 0 Å². The molecule has 0 aliphatic heterocycles. The summed E-state index contributed by atoms with van der Waals surface area (Å²) in [5.41, 5.74) is 0. The van der Waals surface area contributed by atoms with E-state index in [1.807, 2.05) is 6.92 Å². The highest BCUT2D eigenvalue weighted by Gasteiger charge is 2.40. The maximum Gasteiger partial charge on any atom is 0.455 e. The summed E-state index contributed by atoms with van der Waals surface area (Å²) in [6.45, 7) is 2.26. The molecule has 0 atom stereocenters. The van der Waals surface area contributed by atoms with Crippen molar-refractivity contribution in [3.8, 4) is 0 Å². The predicted octanol–water partition coefficient (Wildman–Crippen LogP) is 3.21. The summed E-state index contributed by atoms with van der Waals surface area (Å²) in [4.78, 5) is 10.5. The fourth-order valence-corrected chi connectivity index (χ4v) is 1.03. The van der Waals surface area contributed by atoms with Gasteiger partial charge in [-0.25, -0.2) is 0 Å². The summed E-state index contributed by atoms with van der Waals surface area (Å²) in [5.74, 6) is -1.87. The topological polar surface area (TPSA) is 26.3 Å². The van der Waals surface area contributed by atoms with Gasteiger partial charge in [0, 0.05) is 0 Å². The van der Waals surface area contributed by atoms with Crippen molar-refractivity contribution < 1.29 is 22.7 Å². The van der Waals surface area contributed by atoms with E-state index >= 15 is 0 Å². The molecule has 0 heterocycles. The van der Waals surface area contributed by atoms with E-state index in [1.165, 1.54) is 22.6 Å². The number of carbonyl (C=O) groups is 1. The molecule has 0 bridgehead atoms. The molecular weight excluding hydrogens is 312 g/mol. The lowest BCUT2D eigenvalue weighted by Gasteiger charge is -2.04. The number of rotatable bonds is 5. The average Bonchev–Trinajstić information content (AvgIpc) is 2.09. The second-order valence-electron chi connectivity index (χ2n) is 2.52. The molecule has 0 aliphatic carbocycles. The van der Waals surface area contributed by atoms with Crippen molar-refractivity contribution in [1.82, 2.24) is 0 Å². The molecule has 0 saturated carbocycles. The van der Waals surface area contributed by atoms with Crippen LogP contribution in [0.5, 0.6) is 0 Å². The first-order valence-corrected chi connectivity index (χ1v) is 5.06. The molecule has 0 radical (unpaired) electrons. The Morgan fingerprint density at radius 1 is 1.50 bits per heavy atom. The highest BCUT2D eigenvalue weighted by molar-refractivity contribution is 14.1. The highest BCUT2D eigenvalue weighted by Crippen LogP contribution is 2.23. The van der Waals surface area contributed by atoms with Gasteiger partial charge in [0.2, 0.25) is 0 Å². The first-order chi connectivity index (χ1) is 6.39. The second kappa shape index (κ2) is 6.26. The molecule has 82 valence electrons. The Morgan fingerprint density at radius 3 is 2.50 bits per heavy atom. The van der Waals surface area contributed by atoms with Gasteiger partial charge >= 0.3 is 6.18 Å². The summed E-state index contributed by atoms with van der Waals surface area (Å²) >= 11 is 1.31. The Hall–Kier alpha value is -0.270. The van der Waals surface area contributed by atoms with Gasteiger partial charge in [-0.15, -0.1) is 0 Å². The molecule has 0 aromatic rings. The number of ether oxygens (including phenoxy) is 1. The molecule has 0 aromatic carbocycles. The highest BCUT2D eigenvalue weighted by atomic mass is 127. The molecule has 0 rings (SSSR count). The smallest absolute Gasteiger partial charge is 0.455 e. The molecule has 0 aromatic heterocycles. The molecular formula is C8H10F3IO2. The van der Waals surface area contributed by atoms with Crippen LogP contribution >= 0.6 is 22.6 Å². The van der Waals surface area contributed by atoms with Crippen molar-refractivity contribution in [3.05, 3.63) is 9.84 Å². The summed E-state index contributed by atoms with van der Waals surface area (Å²) in [6.07, 6.45) is -2.33. The molecule has 0 fully saturated rings. The van der Waals surface area contributed by atoms with E-state index in [1.54, 1.807) is 0 Å². The van der Waals surface area contributed by atoms with E-state index in [9.17, 15) is 18.0 Å². The third-order valence-electron chi connectivity index (χ3n) is 1.28. The number of allylic oxidation sites excluding steroid dienone is 1. The number of ketones is 1. The lowest BCUT2D eigenvalue weighted by atomic mass is 10.3. The number of alkyl halides is 3. The van der Waals surface area contributed by atoms with Crippen LogP contribution in [0.1, 0.15) is 19.8 Å². The molecule has 0 unspecified atom stereocenters. The average molecular weight is 322 g/mol. The monoisotopic (exact) mass is 322 g/mol.